The number of aromatic hydroxyl groups is 1. The Labute approximate surface area is 211 Å². The zero-order chi connectivity index (χ0) is 25.0. The van der Waals surface area contributed by atoms with Gasteiger partial charge in [0.1, 0.15) is 16.0 Å². The molecule has 10 heteroatoms. The van der Waals surface area contributed by atoms with Gasteiger partial charge in [0.25, 0.3) is 11.5 Å². The largest absolute Gasteiger partial charge is 0.494 e. The van der Waals surface area contributed by atoms with Crippen LogP contribution in [0.15, 0.2) is 34.0 Å². The number of aromatic nitrogens is 1. The lowest BCUT2D eigenvalue weighted by Crippen LogP contribution is -2.31. The van der Waals surface area contributed by atoms with E-state index in [1.807, 2.05) is 13.0 Å². The lowest BCUT2D eigenvalue weighted by atomic mass is 9.99. The molecule has 1 aliphatic heterocycles. The van der Waals surface area contributed by atoms with Gasteiger partial charge in [-0.3, -0.25) is 23.9 Å². The number of carbonyl (C=O) groups excluding carboxylic acids is 2. The van der Waals surface area contributed by atoms with Crippen molar-refractivity contribution in [3.8, 4) is 11.9 Å². The first-order chi connectivity index (χ1) is 16.2. The Balaban J connectivity index is 1.82. The number of Topliss-reactive ketones (excluding diaryl/α,β-unsaturated/α-hetero) is 1. The van der Waals surface area contributed by atoms with Crippen LogP contribution in [0, 0.1) is 18.3 Å². The van der Waals surface area contributed by atoms with Crippen molar-refractivity contribution >= 4 is 57.7 Å². The molecule has 0 radical (unpaired) electrons. The van der Waals surface area contributed by atoms with Crippen LogP contribution in [-0.2, 0) is 11.3 Å². The van der Waals surface area contributed by atoms with Gasteiger partial charge in [0, 0.05) is 24.5 Å². The number of thioether (sulfide) groups is 1. The molecule has 2 heterocycles. The number of amides is 1. The fourth-order valence-electron chi connectivity index (χ4n) is 3.55. The van der Waals surface area contributed by atoms with Crippen LogP contribution in [0.4, 0.5) is 0 Å². The van der Waals surface area contributed by atoms with Crippen molar-refractivity contribution in [2.75, 3.05) is 6.54 Å². The second-order valence-electron chi connectivity index (χ2n) is 7.68. The number of ketones is 1. The molecule has 3 rings (SSSR count). The van der Waals surface area contributed by atoms with Crippen LogP contribution in [0.2, 0.25) is 5.02 Å². The first-order valence-electron chi connectivity index (χ1n) is 10.6. The van der Waals surface area contributed by atoms with Gasteiger partial charge in [0.2, 0.25) is 5.88 Å². The van der Waals surface area contributed by atoms with Crippen molar-refractivity contribution in [3.05, 3.63) is 66.8 Å². The van der Waals surface area contributed by atoms with Gasteiger partial charge in [-0.2, -0.15) is 5.26 Å². The van der Waals surface area contributed by atoms with Crippen LogP contribution in [0.25, 0.3) is 6.08 Å². The van der Waals surface area contributed by atoms with E-state index in [4.69, 9.17) is 23.8 Å². The molecule has 0 bridgehead atoms. The maximum Gasteiger partial charge on any atom is 0.271 e. The van der Waals surface area contributed by atoms with Crippen LogP contribution in [-0.4, -0.2) is 37.1 Å². The molecule has 0 unspecified atom stereocenters. The number of pyridine rings is 1. The van der Waals surface area contributed by atoms with Crippen LogP contribution in [0.3, 0.4) is 0 Å². The molecule has 1 saturated heterocycles. The van der Waals surface area contributed by atoms with Gasteiger partial charge < -0.3 is 5.11 Å². The summed E-state index contributed by atoms with van der Waals surface area (Å²) in [6.07, 6.45) is 2.94. The molecule has 34 heavy (non-hydrogen) atoms. The topological polar surface area (TPSA) is 103 Å². The summed E-state index contributed by atoms with van der Waals surface area (Å²) in [6.45, 7) is 3.60. The van der Waals surface area contributed by atoms with E-state index in [1.165, 1.54) is 11.8 Å². The highest BCUT2D eigenvalue weighted by Gasteiger charge is 2.33. The Bertz CT molecular complexity index is 1290. The smallest absolute Gasteiger partial charge is 0.271 e. The Morgan fingerprint density at radius 2 is 1.94 bits per heavy atom. The van der Waals surface area contributed by atoms with Crippen molar-refractivity contribution in [1.29, 1.82) is 5.26 Å². The molecule has 1 aromatic carbocycles. The highest BCUT2D eigenvalue weighted by Crippen LogP contribution is 2.33. The average Bonchev–Trinajstić information content (AvgIpc) is 3.06. The Hall–Kier alpha value is -2.93. The van der Waals surface area contributed by atoms with Crippen molar-refractivity contribution in [2.45, 2.75) is 39.7 Å². The number of benzene rings is 1. The first kappa shape index (κ1) is 25.7. The number of rotatable bonds is 8. The van der Waals surface area contributed by atoms with Crippen molar-refractivity contribution < 1.29 is 14.7 Å². The van der Waals surface area contributed by atoms with E-state index in [1.54, 1.807) is 30.3 Å². The second-order valence-corrected chi connectivity index (χ2v) is 9.79. The summed E-state index contributed by atoms with van der Waals surface area (Å²) in [5.41, 5.74) is 0.0607. The van der Waals surface area contributed by atoms with Crippen LogP contribution < -0.4 is 5.56 Å². The van der Waals surface area contributed by atoms with Gasteiger partial charge in [0.05, 0.1) is 10.5 Å². The quantitative estimate of drug-likeness (QED) is 0.309. The van der Waals surface area contributed by atoms with Crippen LogP contribution >= 0.6 is 35.6 Å². The number of nitriles is 1. The van der Waals surface area contributed by atoms with Crippen molar-refractivity contribution in [2.24, 2.45) is 0 Å². The summed E-state index contributed by atoms with van der Waals surface area (Å²) in [5.74, 6) is -1.25. The molecule has 0 spiro atoms. The van der Waals surface area contributed by atoms with E-state index >= 15 is 0 Å². The minimum absolute atomic E-state index is 0.0102. The fraction of sp³-hybridized carbons (Fsp3) is 0.292. The predicted octanol–water partition coefficient (Wildman–Crippen LogP) is 4.66. The Morgan fingerprint density at radius 3 is 2.56 bits per heavy atom. The average molecular weight is 516 g/mol. The molecule has 176 valence electrons. The van der Waals surface area contributed by atoms with Crippen LogP contribution in [0.1, 0.15) is 53.2 Å². The molecule has 1 N–H and O–H groups in total. The number of thiocarbonyl (C=S) groups is 1. The molecule has 7 nitrogen and oxygen atoms in total. The number of hydrogen-bond acceptors (Lipinski definition) is 7. The van der Waals surface area contributed by atoms with E-state index in [9.17, 15) is 24.8 Å². The van der Waals surface area contributed by atoms with E-state index in [0.717, 1.165) is 28.3 Å². The number of nitrogens with zero attached hydrogens (tertiary/aromatic N) is 3. The number of hydrogen-bond donors (Lipinski definition) is 1. The Kier molecular flexibility index (Phi) is 8.31. The number of carbonyl (C=O) groups is 2. The van der Waals surface area contributed by atoms with E-state index in [2.05, 4.69) is 0 Å². The number of unbranched alkanes of at least 4 members (excludes halogenated alkanes) is 1. The minimum Gasteiger partial charge on any atom is -0.494 e. The third-order valence-corrected chi connectivity index (χ3v) is 7.05. The summed E-state index contributed by atoms with van der Waals surface area (Å²) >= 11 is 12.4. The Morgan fingerprint density at radius 1 is 1.26 bits per heavy atom. The van der Waals surface area contributed by atoms with E-state index < -0.39 is 17.2 Å². The molecular weight excluding hydrogens is 494 g/mol. The zero-order valence-corrected chi connectivity index (χ0v) is 21.0. The SMILES string of the molecule is CCCCn1c(O)c(C(=O)CCN2C(=O)/C(=C/c3ccc(Cl)cc3)SC2=S)c(C)c(C#N)c1=O. The van der Waals surface area contributed by atoms with Crippen molar-refractivity contribution in [3.63, 3.8) is 0 Å². The first-order valence-corrected chi connectivity index (χ1v) is 12.2. The third-order valence-electron chi connectivity index (χ3n) is 5.42. The highest BCUT2D eigenvalue weighted by atomic mass is 35.5. The second kappa shape index (κ2) is 11.0. The van der Waals surface area contributed by atoms with Gasteiger partial charge in [-0.1, -0.05) is 61.1 Å². The lowest BCUT2D eigenvalue weighted by Gasteiger charge is -2.17. The molecule has 1 aromatic heterocycles. The summed E-state index contributed by atoms with van der Waals surface area (Å²) in [4.78, 5) is 40.3. The number of halogens is 1. The van der Waals surface area contributed by atoms with Gasteiger partial charge >= 0.3 is 0 Å². The van der Waals surface area contributed by atoms with Crippen molar-refractivity contribution in [1.82, 2.24) is 9.47 Å². The lowest BCUT2D eigenvalue weighted by molar-refractivity contribution is -0.122. The molecule has 1 aliphatic rings. The fourth-order valence-corrected chi connectivity index (χ4v) is 4.98. The van der Waals surface area contributed by atoms with E-state index in [0.29, 0.717) is 20.7 Å². The zero-order valence-electron chi connectivity index (χ0n) is 18.6. The molecule has 0 saturated carbocycles. The normalized spacial score (nSPS) is 14.6. The van der Waals surface area contributed by atoms with E-state index in [-0.39, 0.29) is 42.1 Å². The molecule has 1 fully saturated rings. The summed E-state index contributed by atoms with van der Waals surface area (Å²) in [7, 11) is 0. The third kappa shape index (κ3) is 5.25. The maximum absolute atomic E-state index is 13.1. The summed E-state index contributed by atoms with van der Waals surface area (Å²) in [6, 6.07) is 8.85. The summed E-state index contributed by atoms with van der Waals surface area (Å²) < 4.78 is 1.39. The monoisotopic (exact) mass is 515 g/mol. The van der Waals surface area contributed by atoms with Gasteiger partial charge in [-0.25, -0.2) is 0 Å². The molecule has 0 atom stereocenters. The predicted molar refractivity (Wildman–Crippen MR) is 137 cm³/mol. The standard InChI is InChI=1S/C24H22ClN3O4S2/c1-3-4-10-27-21(30)17(13-26)14(2)20(23(27)32)18(29)9-11-28-22(31)19(34-24(28)33)12-15-5-7-16(25)8-6-15/h5-8,12,32H,3-4,9-11H2,1-2H3/b19-12-. The molecule has 2 aromatic rings. The van der Waals surface area contributed by atoms with Gasteiger partial charge in [-0.05, 0) is 42.7 Å². The van der Waals surface area contributed by atoms with Gasteiger partial charge in [0.15, 0.2) is 5.78 Å². The molecular formula is C24H22ClN3O4S2. The minimum atomic E-state index is -0.619. The highest BCUT2D eigenvalue weighted by molar-refractivity contribution is 8.26. The van der Waals surface area contributed by atoms with Gasteiger partial charge in [-0.15, -0.1) is 0 Å². The summed E-state index contributed by atoms with van der Waals surface area (Å²) in [5, 5.41) is 20.7. The molecule has 1 amide bonds. The maximum atomic E-state index is 13.1. The van der Waals surface area contributed by atoms with Crippen LogP contribution in [0.5, 0.6) is 5.88 Å². The molecule has 0 aliphatic carbocycles.